The average molecular weight is 214 g/mol. The molecule has 0 N–H and O–H groups in total. The number of ether oxygens (including phenoxy) is 1. The second-order valence-electron chi connectivity index (χ2n) is 3.41. The molecule has 0 bridgehead atoms. The summed E-state index contributed by atoms with van der Waals surface area (Å²) in [5.41, 5.74) is 0.359. The first-order valence-corrected chi connectivity index (χ1v) is 4.62. The van der Waals surface area contributed by atoms with E-state index in [-0.39, 0.29) is 18.3 Å². The van der Waals surface area contributed by atoms with Crippen molar-refractivity contribution < 1.29 is 18.3 Å². The summed E-state index contributed by atoms with van der Waals surface area (Å²) in [6.45, 7) is 3.54. The Morgan fingerprint density at radius 1 is 1.33 bits per heavy atom. The van der Waals surface area contributed by atoms with E-state index in [1.807, 2.05) is 0 Å². The number of benzene rings is 1. The van der Waals surface area contributed by atoms with E-state index >= 15 is 0 Å². The van der Waals surface area contributed by atoms with Gasteiger partial charge >= 0.3 is 0 Å². The van der Waals surface area contributed by atoms with Crippen LogP contribution in [0.2, 0.25) is 0 Å². The van der Waals surface area contributed by atoms with E-state index in [0.717, 1.165) is 12.1 Å². The van der Waals surface area contributed by atoms with Crippen LogP contribution in [0.15, 0.2) is 12.1 Å². The average Bonchev–Trinajstić information content (AvgIpc) is 2.13. The molecule has 0 fully saturated rings. The van der Waals surface area contributed by atoms with Gasteiger partial charge in [-0.2, -0.15) is 0 Å². The molecule has 1 rings (SSSR count). The Balaban J connectivity index is 3.09. The highest BCUT2D eigenvalue weighted by molar-refractivity contribution is 5.57. The predicted octanol–water partition coefficient (Wildman–Crippen LogP) is 2.49. The fourth-order valence-electron chi connectivity index (χ4n) is 1.18. The first kappa shape index (κ1) is 11.6. The van der Waals surface area contributed by atoms with Gasteiger partial charge in [0.2, 0.25) is 0 Å². The van der Waals surface area contributed by atoms with E-state index in [1.165, 1.54) is 0 Å². The SMILES string of the molecule is CC(C)Oc1cc(F)c(F)cc1CC=O. The first-order valence-electron chi connectivity index (χ1n) is 4.62. The van der Waals surface area contributed by atoms with Gasteiger partial charge in [-0.25, -0.2) is 8.78 Å². The lowest BCUT2D eigenvalue weighted by molar-refractivity contribution is -0.107. The van der Waals surface area contributed by atoms with Crippen LogP contribution in [-0.2, 0) is 11.2 Å². The van der Waals surface area contributed by atoms with Crippen LogP contribution in [0.3, 0.4) is 0 Å². The molecule has 0 saturated carbocycles. The van der Waals surface area contributed by atoms with Crippen molar-refractivity contribution >= 4 is 6.29 Å². The highest BCUT2D eigenvalue weighted by atomic mass is 19.2. The third-order valence-corrected chi connectivity index (χ3v) is 1.77. The number of hydrogen-bond donors (Lipinski definition) is 0. The maximum atomic E-state index is 12.9. The van der Waals surface area contributed by atoms with E-state index in [4.69, 9.17) is 4.74 Å². The van der Waals surface area contributed by atoms with Gasteiger partial charge in [0.25, 0.3) is 0 Å². The van der Waals surface area contributed by atoms with Gasteiger partial charge in [-0.3, -0.25) is 0 Å². The summed E-state index contributed by atoms with van der Waals surface area (Å²) in [6.07, 6.45) is 0.485. The van der Waals surface area contributed by atoms with E-state index in [1.54, 1.807) is 13.8 Å². The molecule has 0 spiro atoms. The Kier molecular flexibility index (Phi) is 3.77. The molecule has 1 aromatic carbocycles. The van der Waals surface area contributed by atoms with Crippen LogP contribution < -0.4 is 4.74 Å². The first-order chi connectivity index (χ1) is 7.04. The minimum Gasteiger partial charge on any atom is -0.491 e. The van der Waals surface area contributed by atoms with Crippen LogP contribution in [-0.4, -0.2) is 12.4 Å². The molecule has 82 valence electrons. The summed E-state index contributed by atoms with van der Waals surface area (Å²) in [5.74, 6) is -1.72. The number of hydrogen-bond acceptors (Lipinski definition) is 2. The quantitative estimate of drug-likeness (QED) is 0.720. The molecule has 15 heavy (non-hydrogen) atoms. The predicted molar refractivity (Wildman–Crippen MR) is 51.9 cm³/mol. The Morgan fingerprint density at radius 3 is 2.47 bits per heavy atom. The third kappa shape index (κ3) is 3.01. The van der Waals surface area contributed by atoms with Gasteiger partial charge in [0, 0.05) is 18.1 Å². The summed E-state index contributed by atoms with van der Waals surface area (Å²) in [7, 11) is 0. The smallest absolute Gasteiger partial charge is 0.162 e. The van der Waals surface area contributed by atoms with Crippen molar-refractivity contribution in [2.75, 3.05) is 0 Å². The number of carbonyl (C=O) groups excluding carboxylic acids is 1. The molecule has 0 radical (unpaired) electrons. The molecule has 0 amide bonds. The Bertz CT molecular complexity index is 362. The van der Waals surface area contributed by atoms with Gasteiger partial charge in [0.15, 0.2) is 11.6 Å². The molecule has 1 aromatic rings. The second kappa shape index (κ2) is 4.87. The Labute approximate surface area is 86.9 Å². The zero-order chi connectivity index (χ0) is 11.4. The molecule has 0 atom stereocenters. The van der Waals surface area contributed by atoms with E-state index < -0.39 is 11.6 Å². The highest BCUT2D eigenvalue weighted by Crippen LogP contribution is 2.23. The Hall–Kier alpha value is -1.45. The molecule has 0 aromatic heterocycles. The van der Waals surface area contributed by atoms with Crippen molar-refractivity contribution in [3.8, 4) is 5.75 Å². The van der Waals surface area contributed by atoms with Crippen LogP contribution in [0, 0.1) is 11.6 Å². The number of rotatable bonds is 4. The molecule has 0 saturated heterocycles. The third-order valence-electron chi connectivity index (χ3n) is 1.77. The second-order valence-corrected chi connectivity index (χ2v) is 3.41. The molecule has 0 aliphatic carbocycles. The monoisotopic (exact) mass is 214 g/mol. The van der Waals surface area contributed by atoms with Gasteiger partial charge in [-0.15, -0.1) is 0 Å². The Morgan fingerprint density at radius 2 is 1.93 bits per heavy atom. The van der Waals surface area contributed by atoms with Crippen molar-refractivity contribution in [1.29, 1.82) is 0 Å². The normalized spacial score (nSPS) is 10.5. The van der Waals surface area contributed by atoms with E-state index in [2.05, 4.69) is 0 Å². The number of halogens is 2. The van der Waals surface area contributed by atoms with Crippen LogP contribution in [0.5, 0.6) is 5.75 Å². The van der Waals surface area contributed by atoms with Crippen molar-refractivity contribution in [3.05, 3.63) is 29.3 Å². The number of carbonyl (C=O) groups is 1. The summed E-state index contributed by atoms with van der Waals surface area (Å²) >= 11 is 0. The zero-order valence-corrected chi connectivity index (χ0v) is 8.59. The lowest BCUT2D eigenvalue weighted by Gasteiger charge is -2.13. The van der Waals surface area contributed by atoms with Crippen LogP contribution in [0.25, 0.3) is 0 Å². The van der Waals surface area contributed by atoms with Crippen LogP contribution in [0.1, 0.15) is 19.4 Å². The molecule has 0 aliphatic rings. The maximum absolute atomic E-state index is 12.9. The van der Waals surface area contributed by atoms with Gasteiger partial charge in [-0.05, 0) is 19.9 Å². The summed E-state index contributed by atoms with van der Waals surface area (Å²) in [6, 6.07) is 1.95. The fraction of sp³-hybridized carbons (Fsp3) is 0.364. The molecule has 0 unspecified atom stereocenters. The van der Waals surface area contributed by atoms with Crippen LogP contribution in [0.4, 0.5) is 8.78 Å². The van der Waals surface area contributed by atoms with Crippen molar-refractivity contribution in [2.45, 2.75) is 26.4 Å². The van der Waals surface area contributed by atoms with Gasteiger partial charge in [-0.1, -0.05) is 0 Å². The van der Waals surface area contributed by atoms with Gasteiger partial charge < -0.3 is 9.53 Å². The molecular weight excluding hydrogens is 202 g/mol. The van der Waals surface area contributed by atoms with Crippen molar-refractivity contribution in [1.82, 2.24) is 0 Å². The van der Waals surface area contributed by atoms with E-state index in [0.29, 0.717) is 11.8 Å². The van der Waals surface area contributed by atoms with Crippen LogP contribution >= 0.6 is 0 Å². The summed E-state index contributed by atoms with van der Waals surface area (Å²) in [4.78, 5) is 10.3. The lowest BCUT2D eigenvalue weighted by Crippen LogP contribution is -2.08. The van der Waals surface area contributed by atoms with Gasteiger partial charge in [0.1, 0.15) is 12.0 Å². The largest absolute Gasteiger partial charge is 0.491 e. The molecule has 0 aliphatic heterocycles. The highest BCUT2D eigenvalue weighted by Gasteiger charge is 2.11. The summed E-state index contributed by atoms with van der Waals surface area (Å²) in [5, 5.41) is 0. The minimum absolute atomic E-state index is 0.0131. The molecule has 4 heteroatoms. The summed E-state index contributed by atoms with van der Waals surface area (Å²) < 4.78 is 31.0. The fourth-order valence-corrected chi connectivity index (χ4v) is 1.18. The molecular formula is C11H12F2O2. The van der Waals surface area contributed by atoms with Gasteiger partial charge in [0.05, 0.1) is 6.10 Å². The van der Waals surface area contributed by atoms with E-state index in [9.17, 15) is 13.6 Å². The standard InChI is InChI=1S/C11H12F2O2/c1-7(2)15-11-6-10(13)9(12)5-8(11)3-4-14/h4-7H,3H2,1-2H3. The lowest BCUT2D eigenvalue weighted by atomic mass is 10.1. The maximum Gasteiger partial charge on any atom is 0.162 e. The van der Waals surface area contributed by atoms with Crippen molar-refractivity contribution in [2.24, 2.45) is 0 Å². The van der Waals surface area contributed by atoms with Crippen molar-refractivity contribution in [3.63, 3.8) is 0 Å². The number of aldehydes is 1. The topological polar surface area (TPSA) is 26.3 Å². The molecule has 0 heterocycles. The molecule has 2 nitrogen and oxygen atoms in total. The minimum atomic E-state index is -0.972. The zero-order valence-electron chi connectivity index (χ0n) is 8.59.